The van der Waals surface area contributed by atoms with Crippen molar-refractivity contribution in [2.75, 3.05) is 24.3 Å². The number of hydrogen-bond acceptors (Lipinski definition) is 6. The van der Waals surface area contributed by atoms with Crippen LogP contribution in [0.2, 0.25) is 0 Å². The van der Waals surface area contributed by atoms with Crippen LogP contribution in [0.1, 0.15) is 26.3 Å². The van der Waals surface area contributed by atoms with Gasteiger partial charge in [-0.15, -0.1) is 0 Å². The minimum absolute atomic E-state index is 0.0187. The van der Waals surface area contributed by atoms with Gasteiger partial charge < -0.3 is 4.90 Å². The Morgan fingerprint density at radius 2 is 2.07 bits per heavy atom. The van der Waals surface area contributed by atoms with Gasteiger partial charge in [-0.1, -0.05) is 23.9 Å². The Bertz CT molecular complexity index is 1030. The van der Waals surface area contributed by atoms with Crippen LogP contribution in [-0.2, 0) is 14.6 Å². The summed E-state index contributed by atoms with van der Waals surface area (Å²) in [6, 6.07) is 6.78. The molecule has 3 rings (SSSR count). The van der Waals surface area contributed by atoms with E-state index in [4.69, 9.17) is 0 Å². The molecule has 146 valence electrons. The van der Waals surface area contributed by atoms with Crippen LogP contribution in [0.5, 0.6) is 0 Å². The molecule has 1 amide bonds. The van der Waals surface area contributed by atoms with Crippen molar-refractivity contribution >= 4 is 38.4 Å². The Labute approximate surface area is 162 Å². The summed E-state index contributed by atoms with van der Waals surface area (Å²) in [5.41, 5.74) is 0.477. The van der Waals surface area contributed by atoms with Crippen molar-refractivity contribution < 1.29 is 13.2 Å². The zero-order chi connectivity index (χ0) is 19.8. The molecule has 0 aliphatic carbocycles. The van der Waals surface area contributed by atoms with E-state index < -0.39 is 9.84 Å². The first-order valence-electron chi connectivity index (χ1n) is 8.80. The van der Waals surface area contributed by atoms with Crippen LogP contribution in [0.15, 0.2) is 34.2 Å². The van der Waals surface area contributed by atoms with Crippen molar-refractivity contribution in [3.63, 3.8) is 0 Å². The van der Waals surface area contributed by atoms with E-state index in [9.17, 15) is 18.0 Å². The lowest BCUT2D eigenvalue weighted by Gasteiger charge is -2.23. The molecule has 0 bridgehead atoms. The zero-order valence-corrected chi connectivity index (χ0v) is 17.2. The molecular formula is C18H23N3O4S2. The van der Waals surface area contributed by atoms with Gasteiger partial charge in [-0.3, -0.25) is 14.2 Å². The number of carbonyl (C=O) groups excluding carboxylic acids is 1. The van der Waals surface area contributed by atoms with Crippen molar-refractivity contribution in [3.05, 3.63) is 34.6 Å². The third-order valence-electron chi connectivity index (χ3n) is 4.77. The fourth-order valence-electron chi connectivity index (χ4n) is 3.20. The number of benzene rings is 1. The molecule has 1 saturated heterocycles. The van der Waals surface area contributed by atoms with Gasteiger partial charge in [0.2, 0.25) is 5.91 Å². The maximum atomic E-state index is 12.8. The van der Waals surface area contributed by atoms with E-state index in [-0.39, 0.29) is 40.8 Å². The molecule has 7 nitrogen and oxygen atoms in total. The van der Waals surface area contributed by atoms with Gasteiger partial charge in [-0.05, 0) is 32.4 Å². The Morgan fingerprint density at radius 3 is 2.70 bits per heavy atom. The van der Waals surface area contributed by atoms with Crippen molar-refractivity contribution in [2.45, 2.75) is 37.5 Å². The smallest absolute Gasteiger partial charge is 0.262 e. The maximum Gasteiger partial charge on any atom is 0.262 e. The molecule has 2 heterocycles. The van der Waals surface area contributed by atoms with E-state index in [2.05, 4.69) is 4.98 Å². The number of nitrogens with zero attached hydrogens (tertiary/aromatic N) is 3. The van der Waals surface area contributed by atoms with Crippen LogP contribution < -0.4 is 5.56 Å². The van der Waals surface area contributed by atoms with E-state index >= 15 is 0 Å². The first-order chi connectivity index (χ1) is 12.7. The third-order valence-corrected chi connectivity index (χ3v) is 7.45. The minimum Gasteiger partial charge on any atom is -0.341 e. The maximum absolute atomic E-state index is 12.8. The van der Waals surface area contributed by atoms with Crippen LogP contribution >= 0.6 is 11.8 Å². The normalized spacial score (nSPS) is 18.9. The second-order valence-electron chi connectivity index (χ2n) is 7.03. The Balaban J connectivity index is 1.81. The molecule has 9 heteroatoms. The van der Waals surface area contributed by atoms with Crippen LogP contribution in [0.4, 0.5) is 0 Å². The van der Waals surface area contributed by atoms with Gasteiger partial charge in [0.25, 0.3) is 5.56 Å². The molecule has 1 aromatic carbocycles. The van der Waals surface area contributed by atoms with E-state index in [1.807, 2.05) is 19.9 Å². The van der Waals surface area contributed by atoms with E-state index in [1.165, 1.54) is 16.7 Å². The first-order valence-corrected chi connectivity index (χ1v) is 11.6. The summed E-state index contributed by atoms with van der Waals surface area (Å²) in [5, 5.41) is 1.05. The van der Waals surface area contributed by atoms with Crippen molar-refractivity contribution in [1.29, 1.82) is 0 Å². The molecule has 1 atom stereocenters. The largest absolute Gasteiger partial charge is 0.341 e. The van der Waals surface area contributed by atoms with Gasteiger partial charge in [0.15, 0.2) is 15.0 Å². The van der Waals surface area contributed by atoms with E-state index in [1.54, 1.807) is 29.8 Å². The van der Waals surface area contributed by atoms with Gasteiger partial charge in [-0.25, -0.2) is 13.4 Å². The number of thioether (sulfide) groups is 1. The summed E-state index contributed by atoms with van der Waals surface area (Å²) in [6.07, 6.45) is 0.472. The Kier molecular flexibility index (Phi) is 5.62. The quantitative estimate of drug-likeness (QED) is 0.552. The number of fused-ring (bicyclic) bond motifs is 1. The highest BCUT2D eigenvalue weighted by atomic mass is 32.2. The Hall–Kier alpha value is -1.87. The van der Waals surface area contributed by atoms with E-state index in [0.717, 1.165) is 0 Å². The van der Waals surface area contributed by atoms with Crippen molar-refractivity contribution in [1.82, 2.24) is 14.5 Å². The van der Waals surface area contributed by atoms with E-state index in [0.29, 0.717) is 22.5 Å². The molecule has 1 fully saturated rings. The van der Waals surface area contributed by atoms with Crippen LogP contribution in [0.25, 0.3) is 10.9 Å². The van der Waals surface area contributed by atoms with Gasteiger partial charge in [-0.2, -0.15) is 0 Å². The van der Waals surface area contributed by atoms with Crippen molar-refractivity contribution in [2.24, 2.45) is 0 Å². The minimum atomic E-state index is -3.05. The summed E-state index contributed by atoms with van der Waals surface area (Å²) in [5.74, 6) is 0.0801. The van der Waals surface area contributed by atoms with Crippen LogP contribution in [0, 0.1) is 0 Å². The van der Waals surface area contributed by atoms with Crippen LogP contribution in [-0.4, -0.2) is 59.1 Å². The van der Waals surface area contributed by atoms with Crippen molar-refractivity contribution in [3.8, 4) is 0 Å². The molecule has 1 aromatic heterocycles. The highest BCUT2D eigenvalue weighted by molar-refractivity contribution is 7.99. The van der Waals surface area contributed by atoms with Crippen LogP contribution in [0.3, 0.4) is 0 Å². The average Bonchev–Trinajstić information content (AvgIpc) is 2.98. The molecular weight excluding hydrogens is 386 g/mol. The molecule has 0 radical (unpaired) electrons. The van der Waals surface area contributed by atoms with Gasteiger partial charge in [0.1, 0.15) is 0 Å². The second kappa shape index (κ2) is 7.63. The summed E-state index contributed by atoms with van der Waals surface area (Å²) < 4.78 is 24.9. The van der Waals surface area contributed by atoms with Gasteiger partial charge >= 0.3 is 0 Å². The monoisotopic (exact) mass is 409 g/mol. The number of rotatable bonds is 5. The SMILES string of the molecule is CC(C)n1c(SCC(=O)N(C)[C@@H]2CCS(=O)(=O)C2)nc2ccccc2c1=O. The summed E-state index contributed by atoms with van der Waals surface area (Å²) >= 11 is 1.21. The predicted molar refractivity (Wildman–Crippen MR) is 107 cm³/mol. The summed E-state index contributed by atoms with van der Waals surface area (Å²) in [6.45, 7) is 3.80. The number of para-hydroxylation sites is 1. The first kappa shape index (κ1) is 19.9. The number of hydrogen-bond donors (Lipinski definition) is 0. The molecule has 1 aliphatic rings. The number of aromatic nitrogens is 2. The number of carbonyl (C=O) groups is 1. The fourth-order valence-corrected chi connectivity index (χ4v) is 6.02. The molecule has 27 heavy (non-hydrogen) atoms. The highest BCUT2D eigenvalue weighted by Gasteiger charge is 2.32. The molecule has 0 unspecified atom stereocenters. The molecule has 1 aliphatic heterocycles. The fraction of sp³-hybridized carbons (Fsp3) is 0.500. The zero-order valence-electron chi connectivity index (χ0n) is 15.6. The van der Waals surface area contributed by atoms with Gasteiger partial charge in [0.05, 0.1) is 28.2 Å². The highest BCUT2D eigenvalue weighted by Crippen LogP contribution is 2.23. The molecule has 2 aromatic rings. The second-order valence-corrected chi connectivity index (χ2v) is 10.2. The molecule has 0 N–H and O–H groups in total. The predicted octanol–water partition coefficient (Wildman–Crippen LogP) is 1.71. The van der Waals surface area contributed by atoms with Gasteiger partial charge in [0, 0.05) is 19.1 Å². The lowest BCUT2D eigenvalue weighted by Crippen LogP contribution is -2.39. The number of sulfone groups is 1. The number of amides is 1. The lowest BCUT2D eigenvalue weighted by molar-refractivity contribution is -0.128. The Morgan fingerprint density at radius 1 is 1.37 bits per heavy atom. The topological polar surface area (TPSA) is 89.3 Å². The summed E-state index contributed by atoms with van der Waals surface area (Å²) in [7, 11) is -1.41. The average molecular weight is 410 g/mol. The lowest BCUT2D eigenvalue weighted by atomic mass is 10.2. The summed E-state index contributed by atoms with van der Waals surface area (Å²) in [4.78, 5) is 31.4. The third kappa shape index (κ3) is 4.19. The standard InChI is InChI=1S/C18H23N3O4S2/c1-12(2)21-17(23)14-6-4-5-7-15(14)19-18(21)26-10-16(22)20(3)13-8-9-27(24,25)11-13/h4-7,12-13H,8-11H2,1-3H3/t13-/m1/s1. The molecule has 0 spiro atoms. The molecule has 0 saturated carbocycles.